The van der Waals surface area contributed by atoms with E-state index in [0.717, 1.165) is 25.2 Å². The molecule has 1 fully saturated rings. The minimum absolute atomic E-state index is 0.0285. The van der Waals surface area contributed by atoms with Crippen molar-refractivity contribution in [3.05, 3.63) is 48.3 Å². The molecule has 0 saturated carbocycles. The zero-order valence-electron chi connectivity index (χ0n) is 12.9. The highest BCUT2D eigenvalue weighted by Crippen LogP contribution is 2.22. The predicted octanol–water partition coefficient (Wildman–Crippen LogP) is 3.13. The Morgan fingerprint density at radius 1 is 1.18 bits per heavy atom. The van der Waals surface area contributed by atoms with Crippen molar-refractivity contribution in [1.82, 2.24) is 14.5 Å². The van der Waals surface area contributed by atoms with Crippen molar-refractivity contribution >= 4 is 5.91 Å². The number of piperidine rings is 1. The lowest BCUT2D eigenvalue weighted by molar-refractivity contribution is 0.0617. The quantitative estimate of drug-likeness (QED) is 0.854. The SMILES string of the molecule is C[C@@H]1C[C@@H](C)CN(C(=O)c2cn(-c3ccc(F)cc3)cn2)C1. The highest BCUT2D eigenvalue weighted by molar-refractivity contribution is 5.92. The fraction of sp³-hybridized carbons (Fsp3) is 0.412. The zero-order valence-corrected chi connectivity index (χ0v) is 12.9. The van der Waals surface area contributed by atoms with Gasteiger partial charge in [0.05, 0.1) is 0 Å². The molecule has 2 atom stereocenters. The smallest absolute Gasteiger partial charge is 0.274 e. The molecule has 0 spiro atoms. The number of carbonyl (C=O) groups is 1. The summed E-state index contributed by atoms with van der Waals surface area (Å²) >= 11 is 0. The van der Waals surface area contributed by atoms with Crippen LogP contribution >= 0.6 is 0 Å². The summed E-state index contributed by atoms with van der Waals surface area (Å²) in [6.07, 6.45) is 4.46. The average molecular weight is 301 g/mol. The van der Waals surface area contributed by atoms with Gasteiger partial charge in [0.25, 0.3) is 5.91 Å². The molecule has 5 heteroatoms. The minimum Gasteiger partial charge on any atom is -0.337 e. The topological polar surface area (TPSA) is 38.1 Å². The van der Waals surface area contributed by atoms with Crippen LogP contribution in [0.15, 0.2) is 36.8 Å². The fourth-order valence-electron chi connectivity index (χ4n) is 3.18. The van der Waals surface area contributed by atoms with E-state index >= 15 is 0 Å². The van der Waals surface area contributed by atoms with Crippen molar-refractivity contribution in [3.8, 4) is 5.69 Å². The van der Waals surface area contributed by atoms with Crippen molar-refractivity contribution in [3.63, 3.8) is 0 Å². The van der Waals surface area contributed by atoms with Crippen LogP contribution in [0.5, 0.6) is 0 Å². The number of hydrogen-bond donors (Lipinski definition) is 0. The van der Waals surface area contributed by atoms with Gasteiger partial charge in [0, 0.05) is 25.0 Å². The third kappa shape index (κ3) is 3.03. The first kappa shape index (κ1) is 14.8. The van der Waals surface area contributed by atoms with E-state index in [1.54, 1.807) is 29.2 Å². The average Bonchev–Trinajstić information content (AvgIpc) is 2.96. The molecule has 0 unspecified atom stereocenters. The van der Waals surface area contributed by atoms with Crippen molar-refractivity contribution < 1.29 is 9.18 Å². The van der Waals surface area contributed by atoms with Gasteiger partial charge in [0.15, 0.2) is 0 Å². The Kier molecular flexibility index (Phi) is 3.96. The second-order valence-electron chi connectivity index (χ2n) is 6.30. The molecular formula is C17H20FN3O. The Labute approximate surface area is 129 Å². The number of rotatable bonds is 2. The summed E-state index contributed by atoms with van der Waals surface area (Å²) in [6, 6.07) is 6.11. The molecule has 0 aliphatic carbocycles. The summed E-state index contributed by atoms with van der Waals surface area (Å²) in [4.78, 5) is 18.7. The monoisotopic (exact) mass is 301 g/mol. The van der Waals surface area contributed by atoms with Crippen LogP contribution in [0.2, 0.25) is 0 Å². The molecule has 116 valence electrons. The van der Waals surface area contributed by atoms with Crippen LogP contribution in [0.1, 0.15) is 30.8 Å². The normalized spacial score (nSPS) is 21.9. The molecule has 0 radical (unpaired) electrons. The second kappa shape index (κ2) is 5.91. The highest BCUT2D eigenvalue weighted by atomic mass is 19.1. The molecule has 1 aliphatic heterocycles. The van der Waals surface area contributed by atoms with E-state index in [-0.39, 0.29) is 11.7 Å². The van der Waals surface area contributed by atoms with Gasteiger partial charge in [-0.15, -0.1) is 0 Å². The summed E-state index contributed by atoms with van der Waals surface area (Å²) in [5, 5.41) is 0. The molecule has 1 aromatic heterocycles. The summed E-state index contributed by atoms with van der Waals surface area (Å²) < 4.78 is 14.7. The number of aromatic nitrogens is 2. The standard InChI is InChI=1S/C17H20FN3O/c1-12-7-13(2)9-20(8-12)17(22)16-10-21(11-19-16)15-5-3-14(18)4-6-15/h3-6,10-13H,7-9H2,1-2H3/t12-,13-/m1/s1. The summed E-state index contributed by atoms with van der Waals surface area (Å²) in [5.74, 6) is 0.731. The third-order valence-electron chi connectivity index (χ3n) is 4.08. The van der Waals surface area contributed by atoms with Crippen LogP contribution in [0.25, 0.3) is 5.69 Å². The maximum atomic E-state index is 13.0. The largest absolute Gasteiger partial charge is 0.337 e. The lowest BCUT2D eigenvalue weighted by atomic mass is 9.92. The van der Waals surface area contributed by atoms with Crippen molar-refractivity contribution in [1.29, 1.82) is 0 Å². The Bertz CT molecular complexity index is 655. The number of likely N-dealkylation sites (tertiary alicyclic amines) is 1. The van der Waals surface area contributed by atoms with Crippen molar-refractivity contribution in [2.75, 3.05) is 13.1 Å². The van der Waals surface area contributed by atoms with Gasteiger partial charge in [-0.1, -0.05) is 13.8 Å². The van der Waals surface area contributed by atoms with Gasteiger partial charge < -0.3 is 9.47 Å². The number of halogens is 1. The number of carbonyl (C=O) groups excluding carboxylic acids is 1. The van der Waals surface area contributed by atoms with Gasteiger partial charge in [-0.3, -0.25) is 4.79 Å². The van der Waals surface area contributed by atoms with Gasteiger partial charge >= 0.3 is 0 Å². The van der Waals surface area contributed by atoms with Crippen LogP contribution in [0.4, 0.5) is 4.39 Å². The molecule has 3 rings (SSSR count). The van der Waals surface area contributed by atoms with Gasteiger partial charge in [0.2, 0.25) is 0 Å². The molecule has 1 aliphatic rings. The lowest BCUT2D eigenvalue weighted by Gasteiger charge is -2.34. The Balaban J connectivity index is 1.78. The fourth-order valence-corrected chi connectivity index (χ4v) is 3.18. The summed E-state index contributed by atoms with van der Waals surface area (Å²) in [5.41, 5.74) is 1.22. The highest BCUT2D eigenvalue weighted by Gasteiger charge is 2.27. The van der Waals surface area contributed by atoms with Gasteiger partial charge in [-0.2, -0.15) is 0 Å². The van der Waals surface area contributed by atoms with Crippen LogP contribution in [-0.4, -0.2) is 33.4 Å². The second-order valence-corrected chi connectivity index (χ2v) is 6.30. The van der Waals surface area contributed by atoms with Crippen LogP contribution < -0.4 is 0 Å². The van der Waals surface area contributed by atoms with E-state index in [9.17, 15) is 9.18 Å². The lowest BCUT2D eigenvalue weighted by Crippen LogP contribution is -2.42. The first-order valence-corrected chi connectivity index (χ1v) is 7.62. The van der Waals surface area contributed by atoms with E-state index in [2.05, 4.69) is 18.8 Å². The molecule has 22 heavy (non-hydrogen) atoms. The maximum Gasteiger partial charge on any atom is 0.274 e. The maximum absolute atomic E-state index is 13.0. The van der Waals surface area contributed by atoms with Gasteiger partial charge in [0.1, 0.15) is 17.8 Å². The third-order valence-corrected chi connectivity index (χ3v) is 4.08. The minimum atomic E-state index is -0.281. The van der Waals surface area contributed by atoms with E-state index in [0.29, 0.717) is 17.5 Å². The van der Waals surface area contributed by atoms with E-state index in [1.807, 2.05) is 4.90 Å². The zero-order chi connectivity index (χ0) is 15.7. The molecule has 2 aromatic rings. The molecule has 1 aromatic carbocycles. The number of benzene rings is 1. The Hall–Kier alpha value is -2.17. The van der Waals surface area contributed by atoms with E-state index in [1.165, 1.54) is 12.1 Å². The number of imidazole rings is 1. The van der Waals surface area contributed by atoms with Crippen LogP contribution in [0, 0.1) is 17.7 Å². The molecule has 1 amide bonds. The molecule has 0 bridgehead atoms. The molecule has 2 heterocycles. The van der Waals surface area contributed by atoms with Gasteiger partial charge in [-0.25, -0.2) is 9.37 Å². The van der Waals surface area contributed by atoms with Crippen molar-refractivity contribution in [2.45, 2.75) is 20.3 Å². The summed E-state index contributed by atoms with van der Waals surface area (Å²) in [6.45, 7) is 5.92. The molecular weight excluding hydrogens is 281 g/mol. The molecule has 1 saturated heterocycles. The number of amides is 1. The van der Waals surface area contributed by atoms with Crippen LogP contribution in [-0.2, 0) is 0 Å². The first-order valence-electron chi connectivity index (χ1n) is 7.62. The number of hydrogen-bond acceptors (Lipinski definition) is 2. The van der Waals surface area contributed by atoms with Crippen molar-refractivity contribution in [2.24, 2.45) is 11.8 Å². The van der Waals surface area contributed by atoms with E-state index in [4.69, 9.17) is 0 Å². The first-order chi connectivity index (χ1) is 10.5. The Morgan fingerprint density at radius 2 is 1.82 bits per heavy atom. The Morgan fingerprint density at radius 3 is 2.45 bits per heavy atom. The molecule has 4 nitrogen and oxygen atoms in total. The van der Waals surface area contributed by atoms with Gasteiger partial charge in [-0.05, 0) is 42.5 Å². The molecule has 0 N–H and O–H groups in total. The van der Waals surface area contributed by atoms with Crippen LogP contribution in [0.3, 0.4) is 0 Å². The summed E-state index contributed by atoms with van der Waals surface area (Å²) in [7, 11) is 0. The predicted molar refractivity (Wildman–Crippen MR) is 82.4 cm³/mol. The van der Waals surface area contributed by atoms with E-state index < -0.39 is 0 Å². The number of nitrogens with zero attached hydrogens (tertiary/aromatic N) is 3.